The second-order valence-electron chi connectivity index (χ2n) is 4.16. The highest BCUT2D eigenvalue weighted by Crippen LogP contribution is 2.34. The van der Waals surface area contributed by atoms with Crippen LogP contribution in [-0.2, 0) is 9.59 Å². The van der Waals surface area contributed by atoms with E-state index in [1.165, 1.54) is 6.08 Å². The third-order valence-corrected chi connectivity index (χ3v) is 4.05. The molecule has 0 aromatic heterocycles. The van der Waals surface area contributed by atoms with Gasteiger partial charge < -0.3 is 10.2 Å². The normalized spacial score (nSPS) is 16.4. The van der Waals surface area contributed by atoms with Gasteiger partial charge in [-0.2, -0.15) is 0 Å². The first-order valence-corrected chi connectivity index (χ1v) is 6.96. The molecule has 0 spiro atoms. The molecule has 1 amide bonds. The van der Waals surface area contributed by atoms with Crippen LogP contribution in [0, 0.1) is 10.1 Å². The number of phenols is 1. The van der Waals surface area contributed by atoms with Gasteiger partial charge in [-0.25, -0.2) is 0 Å². The maximum Gasteiger partial charge on any atom is 0.323 e. The van der Waals surface area contributed by atoms with Gasteiger partial charge in [-0.15, -0.1) is 0 Å². The van der Waals surface area contributed by atoms with E-state index in [0.717, 1.165) is 34.9 Å². The number of thioether (sulfide) groups is 1. The molecule has 0 radical (unpaired) electrons. The van der Waals surface area contributed by atoms with Crippen LogP contribution in [0.3, 0.4) is 0 Å². The number of carboxylic acid groups (broad SMARTS) is 1. The van der Waals surface area contributed by atoms with Gasteiger partial charge in [-0.05, 0) is 12.1 Å². The summed E-state index contributed by atoms with van der Waals surface area (Å²) in [6.07, 6.45) is 1.24. The van der Waals surface area contributed by atoms with Gasteiger partial charge in [0.15, 0.2) is 0 Å². The number of hydrogen-bond acceptors (Lipinski definition) is 7. The van der Waals surface area contributed by atoms with E-state index in [2.05, 4.69) is 0 Å². The maximum absolute atomic E-state index is 12.1. The van der Waals surface area contributed by atoms with Crippen molar-refractivity contribution in [1.29, 1.82) is 0 Å². The van der Waals surface area contributed by atoms with Gasteiger partial charge >= 0.3 is 5.97 Å². The number of amides is 1. The molecule has 1 aliphatic heterocycles. The molecule has 2 rings (SSSR count). The zero-order valence-corrected chi connectivity index (χ0v) is 12.4. The van der Waals surface area contributed by atoms with Crippen LogP contribution in [0.4, 0.5) is 5.69 Å². The molecular weight excluding hydrogens is 332 g/mol. The van der Waals surface area contributed by atoms with Crippen molar-refractivity contribution in [3.63, 3.8) is 0 Å². The van der Waals surface area contributed by atoms with Crippen LogP contribution in [0.1, 0.15) is 5.56 Å². The summed E-state index contributed by atoms with van der Waals surface area (Å²) in [6, 6.07) is 3.38. The van der Waals surface area contributed by atoms with Crippen LogP contribution in [0.25, 0.3) is 6.08 Å². The summed E-state index contributed by atoms with van der Waals surface area (Å²) in [5.41, 5.74) is -0.171. The molecule has 1 saturated heterocycles. The second kappa shape index (κ2) is 6.12. The minimum absolute atomic E-state index is 0.0728. The van der Waals surface area contributed by atoms with Crippen molar-refractivity contribution in [3.8, 4) is 5.75 Å². The van der Waals surface area contributed by atoms with Gasteiger partial charge in [0.25, 0.3) is 11.6 Å². The van der Waals surface area contributed by atoms with E-state index in [0.29, 0.717) is 0 Å². The summed E-state index contributed by atoms with van der Waals surface area (Å²) in [7, 11) is 0. The Kier molecular flexibility index (Phi) is 4.43. The second-order valence-corrected chi connectivity index (χ2v) is 5.84. The summed E-state index contributed by atoms with van der Waals surface area (Å²) in [4.78, 5) is 33.8. The van der Waals surface area contributed by atoms with E-state index in [4.69, 9.17) is 17.3 Å². The lowest BCUT2D eigenvalue weighted by Crippen LogP contribution is -2.33. The van der Waals surface area contributed by atoms with E-state index in [-0.39, 0.29) is 26.2 Å². The Labute approximate surface area is 133 Å². The molecule has 0 atom stereocenters. The minimum atomic E-state index is -1.21. The van der Waals surface area contributed by atoms with Crippen molar-refractivity contribution >= 4 is 51.9 Å². The monoisotopic (exact) mass is 340 g/mol. The third kappa shape index (κ3) is 3.23. The summed E-state index contributed by atoms with van der Waals surface area (Å²) >= 11 is 5.79. The highest BCUT2D eigenvalue weighted by atomic mass is 32.2. The molecule has 114 valence electrons. The van der Waals surface area contributed by atoms with Crippen LogP contribution in [0.5, 0.6) is 5.75 Å². The molecule has 2 N–H and O–H groups in total. The number of non-ortho nitro benzene ring substituents is 1. The molecule has 0 bridgehead atoms. The Morgan fingerprint density at radius 3 is 2.77 bits per heavy atom. The van der Waals surface area contributed by atoms with Crippen molar-refractivity contribution in [2.24, 2.45) is 0 Å². The van der Waals surface area contributed by atoms with Crippen LogP contribution >= 0.6 is 24.0 Å². The van der Waals surface area contributed by atoms with Gasteiger partial charge in [0.05, 0.1) is 9.83 Å². The molecule has 1 aromatic rings. The Hall–Kier alpha value is -2.46. The van der Waals surface area contributed by atoms with E-state index < -0.39 is 23.3 Å². The number of nitro groups is 1. The molecule has 1 heterocycles. The number of rotatable bonds is 4. The molecule has 1 aromatic carbocycles. The number of thiocarbonyl (C=S) groups is 1. The molecule has 8 nitrogen and oxygen atoms in total. The standard InChI is InChI=1S/C12H8N2O6S2/c15-8-2-1-7(14(19)20)3-6(8)4-9-11(18)13(5-10(16)17)12(21)22-9/h1-4,15H,5H2,(H,16,17). The molecule has 1 fully saturated rings. The van der Waals surface area contributed by atoms with Crippen molar-refractivity contribution in [2.75, 3.05) is 6.54 Å². The van der Waals surface area contributed by atoms with Gasteiger partial charge in [0.1, 0.15) is 16.6 Å². The minimum Gasteiger partial charge on any atom is -0.507 e. The van der Waals surface area contributed by atoms with Crippen LogP contribution < -0.4 is 0 Å². The van der Waals surface area contributed by atoms with Gasteiger partial charge in [0.2, 0.25) is 0 Å². The van der Waals surface area contributed by atoms with Crippen LogP contribution in [-0.4, -0.2) is 42.8 Å². The van der Waals surface area contributed by atoms with Crippen molar-refractivity contribution < 1.29 is 24.7 Å². The fraction of sp³-hybridized carbons (Fsp3) is 0.0833. The fourth-order valence-corrected chi connectivity index (χ4v) is 2.93. The van der Waals surface area contributed by atoms with Gasteiger partial charge in [0, 0.05) is 17.7 Å². The average Bonchev–Trinajstić information content (AvgIpc) is 2.68. The highest BCUT2D eigenvalue weighted by molar-refractivity contribution is 8.26. The van der Waals surface area contributed by atoms with Crippen molar-refractivity contribution in [3.05, 3.63) is 38.8 Å². The van der Waals surface area contributed by atoms with E-state index in [1.54, 1.807) is 0 Å². The Bertz CT molecular complexity index is 730. The van der Waals surface area contributed by atoms with E-state index in [9.17, 15) is 24.8 Å². The van der Waals surface area contributed by atoms with Crippen LogP contribution in [0.15, 0.2) is 23.1 Å². The number of carbonyl (C=O) groups excluding carboxylic acids is 1. The first kappa shape index (κ1) is 15.9. The van der Waals surface area contributed by atoms with Gasteiger partial charge in [-0.1, -0.05) is 24.0 Å². The zero-order valence-electron chi connectivity index (χ0n) is 10.8. The predicted molar refractivity (Wildman–Crippen MR) is 82.3 cm³/mol. The molecular formula is C12H8N2O6S2. The Balaban J connectivity index is 2.36. The first-order valence-electron chi connectivity index (χ1n) is 5.74. The number of nitro benzene ring substituents is 1. The first-order chi connectivity index (χ1) is 10.3. The lowest BCUT2D eigenvalue weighted by molar-refractivity contribution is -0.384. The number of hydrogen-bond donors (Lipinski definition) is 2. The average molecular weight is 340 g/mol. The SMILES string of the molecule is O=C(O)CN1C(=O)C(=Cc2cc([N+](=O)[O-])ccc2O)SC1=S. The summed E-state index contributed by atoms with van der Waals surface area (Å²) in [5, 5.41) is 29.2. The lowest BCUT2D eigenvalue weighted by atomic mass is 10.1. The van der Waals surface area contributed by atoms with E-state index in [1.807, 2.05) is 0 Å². The fourth-order valence-electron chi connectivity index (χ4n) is 1.68. The molecule has 10 heteroatoms. The number of carboxylic acids is 1. The smallest absolute Gasteiger partial charge is 0.323 e. The molecule has 0 aliphatic carbocycles. The third-order valence-electron chi connectivity index (χ3n) is 2.68. The van der Waals surface area contributed by atoms with Crippen molar-refractivity contribution in [1.82, 2.24) is 4.90 Å². The highest BCUT2D eigenvalue weighted by Gasteiger charge is 2.33. The Morgan fingerprint density at radius 1 is 1.50 bits per heavy atom. The lowest BCUT2D eigenvalue weighted by Gasteiger charge is -2.10. The summed E-state index contributed by atoms with van der Waals surface area (Å²) in [5.74, 6) is -2.08. The summed E-state index contributed by atoms with van der Waals surface area (Å²) < 4.78 is 0.0728. The molecule has 0 saturated carbocycles. The number of phenolic OH excluding ortho intramolecular Hbond substituents is 1. The number of nitrogens with zero attached hydrogens (tertiary/aromatic N) is 2. The van der Waals surface area contributed by atoms with E-state index >= 15 is 0 Å². The summed E-state index contributed by atoms with van der Waals surface area (Å²) in [6.45, 7) is -0.567. The Morgan fingerprint density at radius 2 is 2.18 bits per heavy atom. The number of carbonyl (C=O) groups is 2. The number of aliphatic carboxylic acids is 1. The largest absolute Gasteiger partial charge is 0.507 e. The molecule has 1 aliphatic rings. The molecule has 22 heavy (non-hydrogen) atoms. The maximum atomic E-state index is 12.1. The van der Waals surface area contributed by atoms with Gasteiger partial charge in [-0.3, -0.25) is 24.6 Å². The number of aromatic hydroxyl groups is 1. The van der Waals surface area contributed by atoms with Crippen molar-refractivity contribution in [2.45, 2.75) is 0 Å². The molecule has 0 unspecified atom stereocenters. The quantitative estimate of drug-likeness (QED) is 0.367. The topological polar surface area (TPSA) is 121 Å². The zero-order chi connectivity index (χ0) is 16.4. The predicted octanol–water partition coefficient (Wildman–Crippen LogP) is 1.59. The van der Waals surface area contributed by atoms with Crippen LogP contribution in [0.2, 0.25) is 0 Å². The number of benzene rings is 1.